The molecule has 0 amide bonds. The van der Waals surface area contributed by atoms with E-state index < -0.39 is 5.56 Å². The Balaban J connectivity index is 2.34. The Morgan fingerprint density at radius 1 is 1.19 bits per heavy atom. The average Bonchev–Trinajstić information content (AvgIpc) is 2.65. The second kappa shape index (κ2) is 5.65. The summed E-state index contributed by atoms with van der Waals surface area (Å²) in [5.41, 5.74) is 2.94. The van der Waals surface area contributed by atoms with Crippen LogP contribution in [0.15, 0.2) is 23.0 Å². The number of aromatic nitrogens is 2. The molecule has 0 saturated carbocycles. The minimum absolute atomic E-state index is 0.133. The quantitative estimate of drug-likeness (QED) is 0.823. The summed E-state index contributed by atoms with van der Waals surface area (Å²) in [4.78, 5) is 22.6. The number of hydrogen-bond donors (Lipinski definition) is 2. The van der Waals surface area contributed by atoms with Crippen LogP contribution in [-0.2, 0) is 0 Å². The first-order chi connectivity index (χ1) is 10.2. The molecule has 0 unspecified atom stereocenters. The number of anilines is 2. The number of aryl methyl sites for hydroxylation is 1. The van der Waals surface area contributed by atoms with Crippen LogP contribution in [-0.4, -0.2) is 28.3 Å². The molecule has 1 saturated heterocycles. The van der Waals surface area contributed by atoms with Gasteiger partial charge >= 0.3 is 5.56 Å². The van der Waals surface area contributed by atoms with Crippen molar-refractivity contribution in [2.45, 2.75) is 26.2 Å². The summed E-state index contributed by atoms with van der Waals surface area (Å²) in [5.74, 6) is 0.583. The topological polar surface area (TPSA) is 78.3 Å². The maximum absolute atomic E-state index is 12.0. The van der Waals surface area contributed by atoms with Crippen LogP contribution in [0, 0.1) is 6.92 Å². The fourth-order valence-corrected chi connectivity index (χ4v) is 2.82. The summed E-state index contributed by atoms with van der Waals surface area (Å²) in [6, 6.07) is 5.66. The van der Waals surface area contributed by atoms with Gasteiger partial charge in [0.15, 0.2) is 0 Å². The Hall–Kier alpha value is -2.21. The second-order valence-electron chi connectivity index (χ2n) is 5.33. The largest absolute Gasteiger partial charge is 0.356 e. The van der Waals surface area contributed by atoms with Gasteiger partial charge in [0.2, 0.25) is 5.82 Å². The van der Waals surface area contributed by atoms with Gasteiger partial charge in [-0.25, -0.2) is 15.4 Å². The molecule has 0 bridgehead atoms. The number of hydrogen-bond acceptors (Lipinski definition) is 6. The molecular formula is C15H18N4O2. The Kier molecular flexibility index (Phi) is 3.70. The van der Waals surface area contributed by atoms with Crippen LogP contribution >= 0.6 is 0 Å². The first-order valence-corrected chi connectivity index (χ1v) is 7.17. The molecule has 0 spiro atoms. The fourth-order valence-electron chi connectivity index (χ4n) is 2.82. The van der Waals surface area contributed by atoms with Gasteiger partial charge in [-0.2, -0.15) is 0 Å². The van der Waals surface area contributed by atoms with Crippen molar-refractivity contribution in [2.75, 3.05) is 23.5 Å². The molecule has 6 nitrogen and oxygen atoms in total. The van der Waals surface area contributed by atoms with E-state index in [9.17, 15) is 4.79 Å². The van der Waals surface area contributed by atoms with Crippen molar-refractivity contribution in [1.82, 2.24) is 9.97 Å². The maximum Gasteiger partial charge on any atom is 0.315 e. The first kappa shape index (κ1) is 13.8. The molecule has 2 N–H and O–H groups in total. The highest BCUT2D eigenvalue weighted by molar-refractivity contribution is 5.92. The summed E-state index contributed by atoms with van der Waals surface area (Å²) in [6.07, 6.45) is 3.42. The monoisotopic (exact) mass is 286 g/mol. The normalized spacial score (nSPS) is 15.2. The molecule has 2 heterocycles. The molecule has 1 fully saturated rings. The predicted octanol–water partition coefficient (Wildman–Crippen LogP) is 2.09. The highest BCUT2D eigenvalue weighted by Crippen LogP contribution is 2.28. The molecule has 1 aromatic heterocycles. The van der Waals surface area contributed by atoms with E-state index in [0.29, 0.717) is 11.3 Å². The Morgan fingerprint density at radius 3 is 2.67 bits per heavy atom. The van der Waals surface area contributed by atoms with Crippen molar-refractivity contribution in [3.8, 4) is 0 Å². The van der Waals surface area contributed by atoms with Gasteiger partial charge in [-0.15, -0.1) is 0 Å². The van der Waals surface area contributed by atoms with E-state index in [1.165, 1.54) is 6.42 Å². The molecule has 1 aromatic carbocycles. The molecule has 1 aliphatic rings. The van der Waals surface area contributed by atoms with E-state index in [0.717, 1.165) is 36.9 Å². The molecule has 2 aromatic rings. The summed E-state index contributed by atoms with van der Waals surface area (Å²) < 4.78 is 0. The van der Waals surface area contributed by atoms with Gasteiger partial charge < -0.3 is 4.90 Å². The van der Waals surface area contributed by atoms with Crippen LogP contribution in [0.3, 0.4) is 0 Å². The van der Waals surface area contributed by atoms with Gasteiger partial charge in [-0.3, -0.25) is 10.0 Å². The number of nitrogens with one attached hydrogen (secondary N) is 1. The molecular weight excluding hydrogens is 268 g/mol. The van der Waals surface area contributed by atoms with Crippen LogP contribution in [0.4, 0.5) is 11.6 Å². The first-order valence-electron chi connectivity index (χ1n) is 7.17. The van der Waals surface area contributed by atoms with Crippen molar-refractivity contribution in [3.05, 3.63) is 34.1 Å². The third kappa shape index (κ3) is 2.54. The van der Waals surface area contributed by atoms with Crippen molar-refractivity contribution in [2.24, 2.45) is 0 Å². The molecule has 21 heavy (non-hydrogen) atoms. The Morgan fingerprint density at radius 2 is 1.95 bits per heavy atom. The van der Waals surface area contributed by atoms with Crippen molar-refractivity contribution in [3.63, 3.8) is 0 Å². The zero-order valence-corrected chi connectivity index (χ0v) is 12.0. The highest BCUT2D eigenvalue weighted by Gasteiger charge is 2.18. The Labute approximate surface area is 122 Å². The van der Waals surface area contributed by atoms with Gasteiger partial charge in [0.25, 0.3) is 0 Å². The van der Waals surface area contributed by atoms with Crippen LogP contribution in [0.25, 0.3) is 10.9 Å². The zero-order chi connectivity index (χ0) is 14.8. The van der Waals surface area contributed by atoms with E-state index in [-0.39, 0.29) is 5.82 Å². The number of piperidine rings is 1. The van der Waals surface area contributed by atoms with E-state index in [1.54, 1.807) is 6.07 Å². The van der Waals surface area contributed by atoms with Gasteiger partial charge in [-0.05, 0) is 37.8 Å². The highest BCUT2D eigenvalue weighted by atomic mass is 16.5. The standard InChI is InChI=1S/C15H18N4O2/c1-10-6-5-7-11-12(10)14(19-8-3-2-4-9-19)17-13(18-21)15(20)16-11/h5-7,21H,2-4,8-9H2,1H3,(H,16,17,18,20). The summed E-state index contributed by atoms with van der Waals surface area (Å²) in [7, 11) is 0. The lowest BCUT2D eigenvalue weighted by atomic mass is 10.1. The zero-order valence-electron chi connectivity index (χ0n) is 12.0. The van der Waals surface area contributed by atoms with Gasteiger partial charge in [0.1, 0.15) is 5.82 Å². The molecule has 110 valence electrons. The number of fused-ring (bicyclic) bond motifs is 1. The fraction of sp³-hybridized carbons (Fsp3) is 0.400. The van der Waals surface area contributed by atoms with Crippen LogP contribution in [0.2, 0.25) is 0 Å². The lowest BCUT2D eigenvalue weighted by molar-refractivity contribution is 0.385. The minimum atomic E-state index is -0.559. The molecule has 0 radical (unpaired) electrons. The van der Waals surface area contributed by atoms with Gasteiger partial charge in [0, 0.05) is 18.5 Å². The van der Waals surface area contributed by atoms with Crippen molar-refractivity contribution < 1.29 is 5.21 Å². The van der Waals surface area contributed by atoms with E-state index >= 15 is 0 Å². The third-order valence-electron chi connectivity index (χ3n) is 3.88. The van der Waals surface area contributed by atoms with Crippen molar-refractivity contribution in [1.29, 1.82) is 0 Å². The van der Waals surface area contributed by atoms with Crippen molar-refractivity contribution >= 4 is 22.5 Å². The SMILES string of the molecule is Cc1cccc2nc(=O)c(NO)nc(N3CCCCC3)c12. The summed E-state index contributed by atoms with van der Waals surface area (Å²) in [6.45, 7) is 3.79. The van der Waals surface area contributed by atoms with Crippen LogP contribution in [0.5, 0.6) is 0 Å². The lowest BCUT2D eigenvalue weighted by Crippen LogP contribution is -2.30. The van der Waals surface area contributed by atoms with Crippen LogP contribution in [0.1, 0.15) is 24.8 Å². The van der Waals surface area contributed by atoms with E-state index in [1.807, 2.05) is 24.5 Å². The third-order valence-corrected chi connectivity index (χ3v) is 3.88. The Bertz CT molecular complexity index is 727. The number of rotatable bonds is 2. The molecule has 0 atom stereocenters. The van der Waals surface area contributed by atoms with Crippen LogP contribution < -0.4 is 15.9 Å². The maximum atomic E-state index is 12.0. The van der Waals surface area contributed by atoms with Gasteiger partial charge in [0.05, 0.1) is 5.52 Å². The van der Waals surface area contributed by atoms with E-state index in [2.05, 4.69) is 14.9 Å². The molecule has 0 aliphatic carbocycles. The van der Waals surface area contributed by atoms with E-state index in [4.69, 9.17) is 5.21 Å². The molecule has 6 heteroatoms. The number of benzene rings is 1. The minimum Gasteiger partial charge on any atom is -0.356 e. The molecule has 1 aliphatic heterocycles. The second-order valence-corrected chi connectivity index (χ2v) is 5.33. The molecule has 3 rings (SSSR count). The predicted molar refractivity (Wildman–Crippen MR) is 82.0 cm³/mol. The lowest BCUT2D eigenvalue weighted by Gasteiger charge is -2.28. The van der Waals surface area contributed by atoms with Gasteiger partial charge in [-0.1, -0.05) is 12.1 Å². The smallest absolute Gasteiger partial charge is 0.315 e. The summed E-state index contributed by atoms with van der Waals surface area (Å²) >= 11 is 0. The summed E-state index contributed by atoms with van der Waals surface area (Å²) in [5, 5.41) is 10.0. The number of nitrogens with zero attached hydrogens (tertiary/aromatic N) is 3. The average molecular weight is 286 g/mol.